The van der Waals surface area contributed by atoms with Crippen LogP contribution >= 0.6 is 0 Å². The van der Waals surface area contributed by atoms with Gasteiger partial charge in [-0.15, -0.1) is 0 Å². The molecule has 2 unspecified atom stereocenters. The van der Waals surface area contributed by atoms with Crippen molar-refractivity contribution in [3.63, 3.8) is 0 Å². The van der Waals surface area contributed by atoms with E-state index in [1.807, 2.05) is 30.3 Å². The van der Waals surface area contributed by atoms with Gasteiger partial charge in [-0.3, -0.25) is 9.59 Å². The SMILES string of the molecule is O=C(O)CN(Cc1ccccc1)C(=O)C1CC1c1ccc(F)c(F)c1. The molecule has 0 radical (unpaired) electrons. The molecule has 0 bridgehead atoms. The first-order valence-corrected chi connectivity index (χ1v) is 7.95. The van der Waals surface area contributed by atoms with Crippen LogP contribution in [0.15, 0.2) is 48.5 Å². The van der Waals surface area contributed by atoms with Crippen molar-refractivity contribution in [1.82, 2.24) is 4.90 Å². The van der Waals surface area contributed by atoms with Crippen LogP contribution in [0.2, 0.25) is 0 Å². The zero-order chi connectivity index (χ0) is 18.0. The molecule has 1 aliphatic rings. The Hall–Kier alpha value is -2.76. The van der Waals surface area contributed by atoms with E-state index in [9.17, 15) is 18.4 Å². The lowest BCUT2D eigenvalue weighted by Gasteiger charge is -2.21. The number of amides is 1. The predicted molar refractivity (Wildman–Crippen MR) is 86.7 cm³/mol. The Morgan fingerprint density at radius 1 is 1.08 bits per heavy atom. The van der Waals surface area contributed by atoms with Crippen molar-refractivity contribution in [3.8, 4) is 0 Å². The van der Waals surface area contributed by atoms with Gasteiger partial charge in [-0.2, -0.15) is 0 Å². The minimum atomic E-state index is -1.09. The van der Waals surface area contributed by atoms with E-state index in [1.54, 1.807) is 0 Å². The number of hydrogen-bond acceptors (Lipinski definition) is 2. The van der Waals surface area contributed by atoms with Gasteiger partial charge >= 0.3 is 5.97 Å². The molecule has 0 aromatic heterocycles. The summed E-state index contributed by atoms with van der Waals surface area (Å²) in [6, 6.07) is 12.7. The van der Waals surface area contributed by atoms with Crippen LogP contribution in [-0.4, -0.2) is 28.4 Å². The lowest BCUT2D eigenvalue weighted by Crippen LogP contribution is -2.36. The molecular weight excluding hydrogens is 328 g/mol. The Morgan fingerprint density at radius 2 is 1.80 bits per heavy atom. The first-order valence-electron chi connectivity index (χ1n) is 7.95. The molecule has 1 saturated carbocycles. The van der Waals surface area contributed by atoms with E-state index in [0.717, 1.165) is 17.7 Å². The van der Waals surface area contributed by atoms with Crippen molar-refractivity contribution >= 4 is 11.9 Å². The molecule has 130 valence electrons. The Kier molecular flexibility index (Phi) is 4.79. The first-order chi connectivity index (χ1) is 12.0. The molecule has 2 atom stereocenters. The van der Waals surface area contributed by atoms with E-state index < -0.39 is 30.1 Å². The van der Waals surface area contributed by atoms with Crippen LogP contribution in [0.5, 0.6) is 0 Å². The van der Waals surface area contributed by atoms with Gasteiger partial charge < -0.3 is 10.0 Å². The third kappa shape index (κ3) is 4.02. The number of halogens is 2. The van der Waals surface area contributed by atoms with Crippen molar-refractivity contribution < 1.29 is 23.5 Å². The van der Waals surface area contributed by atoms with Gasteiger partial charge in [0.15, 0.2) is 11.6 Å². The van der Waals surface area contributed by atoms with Crippen LogP contribution < -0.4 is 0 Å². The topological polar surface area (TPSA) is 57.6 Å². The predicted octanol–water partition coefficient (Wildman–Crippen LogP) is 3.18. The van der Waals surface area contributed by atoms with Crippen molar-refractivity contribution in [2.75, 3.05) is 6.54 Å². The second-order valence-corrected chi connectivity index (χ2v) is 6.20. The van der Waals surface area contributed by atoms with Gasteiger partial charge in [0.1, 0.15) is 6.54 Å². The zero-order valence-electron chi connectivity index (χ0n) is 13.4. The van der Waals surface area contributed by atoms with Crippen LogP contribution in [0.25, 0.3) is 0 Å². The van der Waals surface area contributed by atoms with E-state index in [0.29, 0.717) is 12.0 Å². The summed E-state index contributed by atoms with van der Waals surface area (Å²) in [5.74, 6) is -3.83. The van der Waals surface area contributed by atoms with Crippen molar-refractivity contribution in [1.29, 1.82) is 0 Å². The summed E-state index contributed by atoms with van der Waals surface area (Å²) in [6.45, 7) is -0.193. The molecule has 3 rings (SSSR count). The fourth-order valence-electron chi connectivity index (χ4n) is 2.99. The first kappa shape index (κ1) is 17.1. The van der Waals surface area contributed by atoms with Crippen LogP contribution in [0.3, 0.4) is 0 Å². The maximum absolute atomic E-state index is 13.4. The van der Waals surface area contributed by atoms with Crippen molar-refractivity contribution in [2.24, 2.45) is 5.92 Å². The average Bonchev–Trinajstić information content (AvgIpc) is 3.37. The van der Waals surface area contributed by atoms with Crippen LogP contribution in [0.4, 0.5) is 8.78 Å². The van der Waals surface area contributed by atoms with Gasteiger partial charge in [0.2, 0.25) is 5.91 Å². The number of hydrogen-bond donors (Lipinski definition) is 1. The summed E-state index contributed by atoms with van der Waals surface area (Å²) >= 11 is 0. The van der Waals surface area contributed by atoms with Gasteiger partial charge in [-0.25, -0.2) is 8.78 Å². The highest BCUT2D eigenvalue weighted by Gasteiger charge is 2.46. The van der Waals surface area contributed by atoms with E-state index in [4.69, 9.17) is 5.11 Å². The highest BCUT2D eigenvalue weighted by molar-refractivity contribution is 5.86. The number of rotatable bonds is 6. The molecule has 0 spiro atoms. The number of carboxylic acids is 1. The molecule has 2 aromatic rings. The van der Waals surface area contributed by atoms with Crippen molar-refractivity contribution in [3.05, 3.63) is 71.3 Å². The van der Waals surface area contributed by atoms with Crippen LogP contribution in [-0.2, 0) is 16.1 Å². The second kappa shape index (κ2) is 7.01. The fraction of sp³-hybridized carbons (Fsp3) is 0.263. The lowest BCUT2D eigenvalue weighted by molar-refractivity contribution is -0.145. The molecule has 1 aliphatic carbocycles. The molecule has 4 nitrogen and oxygen atoms in total. The molecule has 6 heteroatoms. The fourth-order valence-corrected chi connectivity index (χ4v) is 2.99. The Labute approximate surface area is 143 Å². The molecule has 1 amide bonds. The Bertz CT molecular complexity index is 795. The largest absolute Gasteiger partial charge is 0.480 e. The second-order valence-electron chi connectivity index (χ2n) is 6.20. The number of nitrogens with zero attached hydrogens (tertiary/aromatic N) is 1. The summed E-state index contributed by atoms with van der Waals surface area (Å²) in [7, 11) is 0. The lowest BCUT2D eigenvalue weighted by atomic mass is 10.1. The summed E-state index contributed by atoms with van der Waals surface area (Å²) < 4.78 is 26.4. The van der Waals surface area contributed by atoms with E-state index >= 15 is 0 Å². The summed E-state index contributed by atoms with van der Waals surface area (Å²) in [5, 5.41) is 9.08. The molecule has 0 heterocycles. The van der Waals surface area contributed by atoms with Crippen LogP contribution in [0.1, 0.15) is 23.5 Å². The summed E-state index contributed by atoms with van der Waals surface area (Å²) in [6.07, 6.45) is 0.509. The molecular formula is C19H17F2NO3. The molecule has 1 fully saturated rings. The average molecular weight is 345 g/mol. The number of carbonyl (C=O) groups is 2. The normalized spacial score (nSPS) is 18.6. The maximum Gasteiger partial charge on any atom is 0.323 e. The van der Waals surface area contributed by atoms with Gasteiger partial charge in [-0.05, 0) is 35.6 Å². The smallest absolute Gasteiger partial charge is 0.323 e. The zero-order valence-corrected chi connectivity index (χ0v) is 13.4. The standard InChI is InChI=1S/C19H17F2NO3/c20-16-7-6-13(8-17(16)21)14-9-15(14)19(25)22(11-18(23)24)10-12-4-2-1-3-5-12/h1-8,14-15H,9-11H2,(H,23,24). The van der Waals surface area contributed by atoms with E-state index in [1.165, 1.54) is 11.0 Å². The molecule has 1 N–H and O–H groups in total. The molecule has 0 saturated heterocycles. The van der Waals surface area contributed by atoms with Crippen molar-refractivity contribution in [2.45, 2.75) is 18.9 Å². The number of carbonyl (C=O) groups excluding carboxylic acids is 1. The number of benzene rings is 2. The third-order valence-electron chi connectivity index (χ3n) is 4.33. The minimum Gasteiger partial charge on any atom is -0.480 e. The molecule has 2 aromatic carbocycles. The van der Waals surface area contributed by atoms with Gasteiger partial charge in [0.05, 0.1) is 0 Å². The summed E-state index contributed by atoms with van der Waals surface area (Å²) in [4.78, 5) is 25.1. The highest BCUT2D eigenvalue weighted by Crippen LogP contribution is 2.48. The molecule has 25 heavy (non-hydrogen) atoms. The minimum absolute atomic E-state index is 0.199. The van der Waals surface area contributed by atoms with Gasteiger partial charge in [0, 0.05) is 12.5 Å². The number of aliphatic carboxylic acids is 1. The van der Waals surface area contributed by atoms with Crippen LogP contribution in [0, 0.1) is 17.6 Å². The van der Waals surface area contributed by atoms with E-state index in [-0.39, 0.29) is 18.4 Å². The summed E-state index contributed by atoms with van der Waals surface area (Å²) in [5.41, 5.74) is 1.40. The number of carboxylic acid groups (broad SMARTS) is 1. The quantitative estimate of drug-likeness (QED) is 0.875. The molecule has 0 aliphatic heterocycles. The van der Waals surface area contributed by atoms with Gasteiger partial charge in [0.25, 0.3) is 0 Å². The maximum atomic E-state index is 13.4. The Morgan fingerprint density at radius 3 is 2.44 bits per heavy atom. The third-order valence-corrected chi connectivity index (χ3v) is 4.33. The monoisotopic (exact) mass is 345 g/mol. The van der Waals surface area contributed by atoms with E-state index in [2.05, 4.69) is 0 Å². The highest BCUT2D eigenvalue weighted by atomic mass is 19.2. The van der Waals surface area contributed by atoms with Gasteiger partial charge in [-0.1, -0.05) is 36.4 Å². The Balaban J connectivity index is 1.72.